The number of rotatable bonds is 5. The van der Waals surface area contributed by atoms with Crippen molar-refractivity contribution in [3.05, 3.63) is 35.4 Å². The minimum absolute atomic E-state index is 0. The summed E-state index contributed by atoms with van der Waals surface area (Å²) in [5.41, 5.74) is 0.234. The first kappa shape index (κ1) is 18.5. The Kier molecular flexibility index (Phi) is 6.01. The molecule has 22 heavy (non-hydrogen) atoms. The maximum Gasteiger partial charge on any atom is 0.435 e. The lowest BCUT2D eigenvalue weighted by atomic mass is 10.2. The molecule has 0 aliphatic rings. The van der Waals surface area contributed by atoms with Gasteiger partial charge in [0.2, 0.25) is 0 Å². The van der Waals surface area contributed by atoms with E-state index in [0.29, 0.717) is 6.54 Å². The summed E-state index contributed by atoms with van der Waals surface area (Å²) < 4.78 is 41.5. The Bertz CT molecular complexity index is 603. The standard InChI is InChI=1S/C13H18F3N5.ClH/c1-9(2)21-11(4-5-18-21)7-17-6-10-8-20(3)19-12(10)13(14,15)16;/h4-5,8-9,17H,6-7H2,1-3H3;1H. The van der Waals surface area contributed by atoms with Gasteiger partial charge in [0.05, 0.1) is 5.69 Å². The fourth-order valence-corrected chi connectivity index (χ4v) is 2.18. The summed E-state index contributed by atoms with van der Waals surface area (Å²) in [5, 5.41) is 10.7. The van der Waals surface area contributed by atoms with Crippen LogP contribution < -0.4 is 5.32 Å². The third-order valence-electron chi connectivity index (χ3n) is 3.04. The van der Waals surface area contributed by atoms with Crippen molar-refractivity contribution in [3.63, 3.8) is 0 Å². The van der Waals surface area contributed by atoms with E-state index < -0.39 is 11.9 Å². The van der Waals surface area contributed by atoms with Crippen LogP contribution in [0.15, 0.2) is 18.5 Å². The summed E-state index contributed by atoms with van der Waals surface area (Å²) in [7, 11) is 1.48. The Hall–Kier alpha value is -1.54. The molecule has 0 saturated carbocycles. The van der Waals surface area contributed by atoms with Gasteiger partial charge < -0.3 is 5.32 Å². The number of aromatic nitrogens is 4. The third-order valence-corrected chi connectivity index (χ3v) is 3.04. The second-order valence-corrected chi connectivity index (χ2v) is 5.14. The zero-order valence-corrected chi connectivity index (χ0v) is 13.4. The molecule has 124 valence electrons. The van der Waals surface area contributed by atoms with E-state index in [1.54, 1.807) is 6.20 Å². The minimum Gasteiger partial charge on any atom is -0.307 e. The topological polar surface area (TPSA) is 47.7 Å². The van der Waals surface area contributed by atoms with Crippen LogP contribution in [-0.4, -0.2) is 19.6 Å². The number of aryl methyl sites for hydroxylation is 1. The lowest BCUT2D eigenvalue weighted by Gasteiger charge is -2.12. The molecule has 0 aliphatic carbocycles. The molecule has 2 aromatic rings. The lowest BCUT2D eigenvalue weighted by molar-refractivity contribution is -0.142. The molecule has 0 spiro atoms. The van der Waals surface area contributed by atoms with Gasteiger partial charge in [-0.2, -0.15) is 23.4 Å². The fourth-order valence-electron chi connectivity index (χ4n) is 2.18. The monoisotopic (exact) mass is 337 g/mol. The zero-order valence-electron chi connectivity index (χ0n) is 12.6. The number of nitrogens with zero attached hydrogens (tertiary/aromatic N) is 4. The van der Waals surface area contributed by atoms with Gasteiger partial charge in [-0.25, -0.2) is 0 Å². The van der Waals surface area contributed by atoms with Crippen molar-refractivity contribution in [2.75, 3.05) is 0 Å². The van der Waals surface area contributed by atoms with Gasteiger partial charge in [-0.15, -0.1) is 12.4 Å². The Morgan fingerprint density at radius 1 is 1.27 bits per heavy atom. The molecule has 9 heteroatoms. The van der Waals surface area contributed by atoms with Crippen LogP contribution in [0.1, 0.15) is 36.8 Å². The van der Waals surface area contributed by atoms with Crippen LogP contribution in [0.3, 0.4) is 0 Å². The summed E-state index contributed by atoms with van der Waals surface area (Å²) >= 11 is 0. The van der Waals surface area contributed by atoms with E-state index in [0.717, 1.165) is 5.69 Å². The fraction of sp³-hybridized carbons (Fsp3) is 0.538. The summed E-state index contributed by atoms with van der Waals surface area (Å²) in [4.78, 5) is 0. The third kappa shape index (κ3) is 4.23. The molecule has 0 bridgehead atoms. The van der Waals surface area contributed by atoms with Crippen molar-refractivity contribution in [1.29, 1.82) is 0 Å². The molecule has 0 amide bonds. The number of hydrogen-bond donors (Lipinski definition) is 1. The van der Waals surface area contributed by atoms with E-state index in [9.17, 15) is 13.2 Å². The highest BCUT2D eigenvalue weighted by Gasteiger charge is 2.36. The van der Waals surface area contributed by atoms with Crippen molar-refractivity contribution in [1.82, 2.24) is 24.9 Å². The van der Waals surface area contributed by atoms with E-state index in [-0.39, 0.29) is 30.6 Å². The summed E-state index contributed by atoms with van der Waals surface area (Å²) in [5.74, 6) is 0. The molecule has 1 N–H and O–H groups in total. The second-order valence-electron chi connectivity index (χ2n) is 5.14. The molecule has 2 heterocycles. The molecule has 0 aromatic carbocycles. The van der Waals surface area contributed by atoms with Gasteiger partial charge >= 0.3 is 6.18 Å². The van der Waals surface area contributed by atoms with Gasteiger partial charge in [0, 0.05) is 44.1 Å². The highest BCUT2D eigenvalue weighted by atomic mass is 35.5. The maximum atomic E-state index is 12.8. The predicted molar refractivity (Wildman–Crippen MR) is 78.6 cm³/mol. The van der Waals surface area contributed by atoms with Crippen molar-refractivity contribution < 1.29 is 13.2 Å². The van der Waals surface area contributed by atoms with Gasteiger partial charge in [0.25, 0.3) is 0 Å². The van der Waals surface area contributed by atoms with E-state index in [1.807, 2.05) is 24.6 Å². The first-order valence-corrected chi connectivity index (χ1v) is 6.62. The highest BCUT2D eigenvalue weighted by Crippen LogP contribution is 2.30. The SMILES string of the molecule is CC(C)n1nccc1CNCc1cn(C)nc1C(F)(F)F.Cl. The molecule has 2 aromatic heterocycles. The average Bonchev–Trinajstić information content (AvgIpc) is 2.95. The highest BCUT2D eigenvalue weighted by molar-refractivity contribution is 5.85. The molecular weight excluding hydrogens is 319 g/mol. The summed E-state index contributed by atoms with van der Waals surface area (Å²) in [6.07, 6.45) is -1.37. The Morgan fingerprint density at radius 2 is 1.95 bits per heavy atom. The maximum absolute atomic E-state index is 12.8. The number of nitrogens with one attached hydrogen (secondary N) is 1. The Labute approximate surface area is 132 Å². The van der Waals surface area contributed by atoms with Crippen molar-refractivity contribution in [3.8, 4) is 0 Å². The largest absolute Gasteiger partial charge is 0.435 e. The zero-order chi connectivity index (χ0) is 15.6. The molecule has 0 unspecified atom stereocenters. The van der Waals surface area contributed by atoms with Gasteiger partial charge in [0.15, 0.2) is 5.69 Å². The van der Waals surface area contributed by atoms with Crippen LogP contribution in [-0.2, 0) is 26.3 Å². The smallest absolute Gasteiger partial charge is 0.307 e. The van der Waals surface area contributed by atoms with Crippen molar-refractivity contribution in [2.24, 2.45) is 7.05 Å². The molecule has 0 aliphatic heterocycles. The van der Waals surface area contributed by atoms with Gasteiger partial charge in [0.1, 0.15) is 0 Å². The normalized spacial score (nSPS) is 11.8. The van der Waals surface area contributed by atoms with Crippen LogP contribution in [0.5, 0.6) is 0 Å². The van der Waals surface area contributed by atoms with Gasteiger partial charge in [-0.05, 0) is 19.9 Å². The summed E-state index contributed by atoms with van der Waals surface area (Å²) in [6, 6.07) is 2.06. The molecule has 0 atom stereocenters. The van der Waals surface area contributed by atoms with E-state index in [1.165, 1.54) is 17.9 Å². The molecule has 2 rings (SSSR count). The second kappa shape index (κ2) is 7.15. The van der Waals surface area contributed by atoms with E-state index >= 15 is 0 Å². The summed E-state index contributed by atoms with van der Waals surface area (Å²) in [6.45, 7) is 4.55. The Morgan fingerprint density at radius 3 is 2.55 bits per heavy atom. The Balaban J connectivity index is 0.00000242. The molecule has 0 fully saturated rings. The number of alkyl halides is 3. The van der Waals surface area contributed by atoms with E-state index in [2.05, 4.69) is 15.5 Å². The molecular formula is C13H19ClF3N5. The first-order chi connectivity index (χ1) is 9.79. The first-order valence-electron chi connectivity index (χ1n) is 6.62. The van der Waals surface area contributed by atoms with Gasteiger partial charge in [-0.1, -0.05) is 0 Å². The van der Waals surface area contributed by atoms with Crippen molar-refractivity contribution >= 4 is 12.4 Å². The molecule has 0 saturated heterocycles. The van der Waals surface area contributed by atoms with Crippen LogP contribution in [0.4, 0.5) is 13.2 Å². The number of halogens is 4. The lowest BCUT2D eigenvalue weighted by Crippen LogP contribution is -2.19. The van der Waals surface area contributed by atoms with Crippen LogP contribution in [0.25, 0.3) is 0 Å². The van der Waals surface area contributed by atoms with Crippen LogP contribution >= 0.6 is 12.4 Å². The molecule has 0 radical (unpaired) electrons. The van der Waals surface area contributed by atoms with Crippen molar-refractivity contribution in [2.45, 2.75) is 39.2 Å². The van der Waals surface area contributed by atoms with Gasteiger partial charge in [-0.3, -0.25) is 9.36 Å². The number of hydrogen-bond acceptors (Lipinski definition) is 3. The predicted octanol–water partition coefficient (Wildman–Crippen LogP) is 2.93. The van der Waals surface area contributed by atoms with E-state index in [4.69, 9.17) is 0 Å². The quantitative estimate of drug-likeness (QED) is 0.912. The molecule has 5 nitrogen and oxygen atoms in total. The van der Waals surface area contributed by atoms with Crippen LogP contribution in [0, 0.1) is 0 Å². The minimum atomic E-state index is -4.43. The average molecular weight is 338 g/mol. The van der Waals surface area contributed by atoms with Crippen LogP contribution in [0.2, 0.25) is 0 Å².